The van der Waals surface area contributed by atoms with Gasteiger partial charge in [0.1, 0.15) is 17.1 Å². The molecule has 4 aromatic carbocycles. The van der Waals surface area contributed by atoms with Gasteiger partial charge in [-0.1, -0.05) is 54.4 Å². The fourth-order valence-corrected chi connectivity index (χ4v) is 5.02. The Kier molecular flexibility index (Phi) is 7.89. The maximum Gasteiger partial charge on any atom is 0.294 e. The van der Waals surface area contributed by atoms with Crippen LogP contribution in [0.15, 0.2) is 75.8 Å². The molecule has 0 saturated carbocycles. The molecule has 0 fully saturated rings. The summed E-state index contributed by atoms with van der Waals surface area (Å²) in [7, 11) is -3.06. The molecule has 196 valence electrons. The third kappa shape index (κ3) is 5.58. The first-order chi connectivity index (χ1) is 18.0. The van der Waals surface area contributed by atoms with Crippen LogP contribution in [0.4, 0.5) is 17.1 Å². The first kappa shape index (κ1) is 27.3. The number of amides is 1. The van der Waals surface area contributed by atoms with Crippen LogP contribution in [-0.4, -0.2) is 31.1 Å². The Morgan fingerprint density at radius 2 is 1.76 bits per heavy atom. The monoisotopic (exact) mass is 573 g/mol. The van der Waals surface area contributed by atoms with E-state index in [1.54, 1.807) is 43.3 Å². The number of hydrogen-bond donors (Lipinski definition) is 3. The molecule has 0 aromatic heterocycles. The van der Waals surface area contributed by atoms with Gasteiger partial charge in [0.05, 0.1) is 33.3 Å². The average molecular weight is 574 g/mol. The number of nitrogens with zero attached hydrogens (tertiary/aromatic N) is 2. The van der Waals surface area contributed by atoms with Crippen LogP contribution in [0, 0.1) is 0 Å². The van der Waals surface area contributed by atoms with E-state index < -0.39 is 21.8 Å². The molecule has 0 aliphatic heterocycles. The van der Waals surface area contributed by atoms with Crippen molar-refractivity contribution in [2.24, 2.45) is 10.2 Å². The molecule has 12 heteroatoms. The van der Waals surface area contributed by atoms with Gasteiger partial charge in [0.2, 0.25) is 0 Å². The number of phenols is 1. The normalized spacial score (nSPS) is 11.7. The molecule has 0 heterocycles. The molecule has 0 unspecified atom stereocenters. The van der Waals surface area contributed by atoms with Gasteiger partial charge < -0.3 is 15.2 Å². The third-order valence-corrected chi connectivity index (χ3v) is 7.26. The number of phenolic OH excluding ortho intramolecular Hbond substituents is 1. The number of rotatable bonds is 7. The van der Waals surface area contributed by atoms with E-state index in [4.69, 9.17) is 27.9 Å². The lowest BCUT2D eigenvalue weighted by atomic mass is 10.0. The molecule has 0 atom stereocenters. The van der Waals surface area contributed by atoms with Crippen molar-refractivity contribution in [3.63, 3.8) is 0 Å². The van der Waals surface area contributed by atoms with Gasteiger partial charge in [-0.05, 0) is 47.7 Å². The number of aryl methyl sites for hydroxylation is 1. The van der Waals surface area contributed by atoms with Crippen molar-refractivity contribution in [3.05, 3.63) is 81.8 Å². The molecule has 0 aliphatic rings. The molecule has 0 aliphatic carbocycles. The van der Waals surface area contributed by atoms with Gasteiger partial charge in [-0.15, -0.1) is 10.2 Å². The minimum Gasteiger partial charge on any atom is -0.505 e. The van der Waals surface area contributed by atoms with E-state index >= 15 is 0 Å². The van der Waals surface area contributed by atoms with Crippen molar-refractivity contribution >= 4 is 67.1 Å². The summed E-state index contributed by atoms with van der Waals surface area (Å²) >= 11 is 12.5. The van der Waals surface area contributed by atoms with Crippen LogP contribution in [-0.2, 0) is 16.5 Å². The SMILES string of the molecule is CCc1cc(Cl)c(N=Nc2c(O)c(C(=O)Nc3ccc(OC)cc3Cl)cc3ccccc23)cc1S(=O)(=O)O. The summed E-state index contributed by atoms with van der Waals surface area (Å²) in [6.07, 6.45) is 0.299. The topological polar surface area (TPSA) is 138 Å². The number of hydrogen-bond acceptors (Lipinski definition) is 7. The summed E-state index contributed by atoms with van der Waals surface area (Å²) in [5, 5.41) is 23.3. The molecule has 9 nitrogen and oxygen atoms in total. The van der Waals surface area contributed by atoms with E-state index in [1.165, 1.54) is 25.3 Å². The van der Waals surface area contributed by atoms with E-state index in [2.05, 4.69) is 15.5 Å². The van der Waals surface area contributed by atoms with E-state index in [0.29, 0.717) is 34.2 Å². The summed E-state index contributed by atoms with van der Waals surface area (Å²) in [4.78, 5) is 12.8. The number of aromatic hydroxyl groups is 1. The number of benzene rings is 4. The zero-order chi connectivity index (χ0) is 27.6. The Morgan fingerprint density at radius 1 is 1.03 bits per heavy atom. The molecule has 1 amide bonds. The maximum atomic E-state index is 13.1. The minimum atomic E-state index is -4.55. The van der Waals surface area contributed by atoms with Crippen molar-refractivity contribution in [2.45, 2.75) is 18.2 Å². The summed E-state index contributed by atoms with van der Waals surface area (Å²) in [5.41, 5.74) is 0.405. The molecular formula is C26H21Cl2N3O6S. The second-order valence-electron chi connectivity index (χ2n) is 8.08. The van der Waals surface area contributed by atoms with Gasteiger partial charge in [0, 0.05) is 11.5 Å². The fourth-order valence-electron chi connectivity index (χ4n) is 3.79. The summed E-state index contributed by atoms with van der Waals surface area (Å²) in [6.45, 7) is 1.71. The van der Waals surface area contributed by atoms with Crippen LogP contribution in [0.1, 0.15) is 22.8 Å². The molecule has 0 radical (unpaired) electrons. The summed E-state index contributed by atoms with van der Waals surface area (Å²) < 4.78 is 38.4. The number of methoxy groups -OCH3 is 1. The zero-order valence-electron chi connectivity index (χ0n) is 20.1. The Balaban J connectivity index is 1.80. The number of halogens is 2. The first-order valence-corrected chi connectivity index (χ1v) is 13.3. The number of azo groups is 1. The lowest BCUT2D eigenvalue weighted by molar-refractivity contribution is 0.102. The lowest BCUT2D eigenvalue weighted by Crippen LogP contribution is -2.12. The predicted molar refractivity (Wildman–Crippen MR) is 146 cm³/mol. The van der Waals surface area contributed by atoms with E-state index in [9.17, 15) is 22.9 Å². The fraction of sp³-hybridized carbons (Fsp3) is 0.115. The standard InChI is InChI=1S/C26H21Cl2N3O6S/c1-3-14-11-19(27)22(13-23(14)38(34,35)36)30-31-24-17-7-5-4-6-15(17)10-18(25(24)32)26(33)29-21-9-8-16(37-2)12-20(21)28/h4-13,32H,3H2,1-2H3,(H,29,33)(H,34,35,36). The Bertz CT molecular complexity index is 1710. The van der Waals surface area contributed by atoms with Crippen molar-refractivity contribution < 1.29 is 27.6 Å². The van der Waals surface area contributed by atoms with Gasteiger partial charge in [0.15, 0.2) is 5.75 Å². The average Bonchev–Trinajstić information content (AvgIpc) is 2.88. The number of anilines is 1. The molecule has 38 heavy (non-hydrogen) atoms. The highest BCUT2D eigenvalue weighted by Gasteiger charge is 2.21. The lowest BCUT2D eigenvalue weighted by Gasteiger charge is -2.12. The first-order valence-electron chi connectivity index (χ1n) is 11.1. The molecule has 0 saturated heterocycles. The third-order valence-electron chi connectivity index (χ3n) is 5.71. The van der Waals surface area contributed by atoms with Crippen molar-refractivity contribution in [2.75, 3.05) is 12.4 Å². The quantitative estimate of drug-likeness (QED) is 0.156. The summed E-state index contributed by atoms with van der Waals surface area (Å²) in [6, 6.07) is 15.6. The Labute approximate surface area is 228 Å². The molecular weight excluding hydrogens is 553 g/mol. The van der Waals surface area contributed by atoms with Gasteiger partial charge >= 0.3 is 0 Å². The van der Waals surface area contributed by atoms with Gasteiger partial charge in [0.25, 0.3) is 16.0 Å². The van der Waals surface area contributed by atoms with Gasteiger partial charge in [-0.3, -0.25) is 9.35 Å². The van der Waals surface area contributed by atoms with Crippen molar-refractivity contribution in [1.29, 1.82) is 0 Å². The number of nitrogens with one attached hydrogen (secondary N) is 1. The van der Waals surface area contributed by atoms with Gasteiger partial charge in [-0.2, -0.15) is 8.42 Å². The predicted octanol–water partition coefficient (Wildman–Crippen LogP) is 7.34. The number of fused-ring (bicyclic) bond motifs is 1. The molecule has 0 bridgehead atoms. The molecule has 4 aromatic rings. The number of ether oxygens (including phenoxy) is 1. The Morgan fingerprint density at radius 3 is 2.42 bits per heavy atom. The summed E-state index contributed by atoms with van der Waals surface area (Å²) in [5.74, 6) is -0.617. The van der Waals surface area contributed by atoms with E-state index in [-0.39, 0.29) is 31.9 Å². The van der Waals surface area contributed by atoms with Crippen LogP contribution in [0.2, 0.25) is 10.0 Å². The van der Waals surface area contributed by atoms with Crippen LogP contribution >= 0.6 is 23.2 Å². The highest BCUT2D eigenvalue weighted by atomic mass is 35.5. The largest absolute Gasteiger partial charge is 0.505 e. The van der Waals surface area contributed by atoms with Crippen LogP contribution in [0.5, 0.6) is 11.5 Å². The van der Waals surface area contributed by atoms with Gasteiger partial charge in [-0.25, -0.2) is 0 Å². The smallest absolute Gasteiger partial charge is 0.294 e. The van der Waals surface area contributed by atoms with Crippen LogP contribution in [0.25, 0.3) is 10.8 Å². The number of carbonyl (C=O) groups is 1. The molecule has 4 rings (SSSR count). The minimum absolute atomic E-state index is 0.0434. The zero-order valence-corrected chi connectivity index (χ0v) is 22.4. The molecule has 3 N–H and O–H groups in total. The maximum absolute atomic E-state index is 13.1. The highest BCUT2D eigenvalue weighted by Crippen LogP contribution is 2.41. The van der Waals surface area contributed by atoms with E-state index in [1.807, 2.05) is 0 Å². The highest BCUT2D eigenvalue weighted by molar-refractivity contribution is 7.85. The number of carbonyl (C=O) groups excluding carboxylic acids is 1. The molecule has 0 spiro atoms. The van der Waals surface area contributed by atoms with Crippen LogP contribution < -0.4 is 10.1 Å². The Hall–Kier alpha value is -3.70. The van der Waals surface area contributed by atoms with Crippen LogP contribution in [0.3, 0.4) is 0 Å². The van der Waals surface area contributed by atoms with Crippen molar-refractivity contribution in [3.8, 4) is 11.5 Å². The second kappa shape index (κ2) is 11.0. The second-order valence-corrected chi connectivity index (χ2v) is 10.3. The van der Waals surface area contributed by atoms with Crippen molar-refractivity contribution in [1.82, 2.24) is 0 Å². The van der Waals surface area contributed by atoms with E-state index in [0.717, 1.165) is 6.07 Å².